The predicted molar refractivity (Wildman–Crippen MR) is 110 cm³/mol. The van der Waals surface area contributed by atoms with E-state index in [1.807, 2.05) is 29.2 Å². The zero-order valence-corrected chi connectivity index (χ0v) is 17.0. The predicted octanol–water partition coefficient (Wildman–Crippen LogP) is 2.22. The number of carbonyl (C=O) groups is 1. The van der Waals surface area contributed by atoms with Crippen LogP contribution >= 0.6 is 24.8 Å². The van der Waals surface area contributed by atoms with Gasteiger partial charge in [0.25, 0.3) is 0 Å². The number of amides is 1. The van der Waals surface area contributed by atoms with Crippen LogP contribution in [-0.2, 0) is 14.6 Å². The number of anilines is 2. The second-order valence-electron chi connectivity index (χ2n) is 6.80. The number of sulfone groups is 1. The molecule has 1 saturated carbocycles. The number of nitrogens with zero attached hydrogens (tertiary/aromatic N) is 1. The molecule has 148 valence electrons. The number of nitrogens with two attached hydrogens (primary N) is 1. The Bertz CT molecular complexity index is 701. The van der Waals surface area contributed by atoms with E-state index < -0.39 is 9.84 Å². The highest BCUT2D eigenvalue weighted by Gasteiger charge is 2.26. The Labute approximate surface area is 167 Å². The van der Waals surface area contributed by atoms with E-state index in [2.05, 4.69) is 5.32 Å². The summed E-state index contributed by atoms with van der Waals surface area (Å²) in [5, 5.41) is 2.99. The molecule has 2 unspecified atom stereocenters. The summed E-state index contributed by atoms with van der Waals surface area (Å²) in [4.78, 5) is 14.5. The van der Waals surface area contributed by atoms with Crippen LogP contribution in [0.1, 0.15) is 25.7 Å². The lowest BCUT2D eigenvalue weighted by molar-refractivity contribution is -0.120. The van der Waals surface area contributed by atoms with Crippen molar-refractivity contribution in [3.8, 4) is 0 Å². The normalized spacial score (nSPS) is 24.7. The summed E-state index contributed by atoms with van der Waals surface area (Å²) >= 11 is 0. The Hall–Kier alpha value is -1.02. The highest BCUT2D eigenvalue weighted by molar-refractivity contribution is 7.91. The SMILES string of the molecule is Cl.Cl.NC1CCCC(C(=O)Nc2cccc(N3CCS(=O)(=O)CC3)c2)C1. The molecule has 3 N–H and O–H groups in total. The minimum absolute atomic E-state index is 0. The van der Waals surface area contributed by atoms with Crippen molar-refractivity contribution in [2.45, 2.75) is 31.7 Å². The molecular weight excluding hydrogens is 397 g/mol. The maximum absolute atomic E-state index is 12.4. The molecule has 3 rings (SSSR count). The maximum Gasteiger partial charge on any atom is 0.227 e. The van der Waals surface area contributed by atoms with Gasteiger partial charge in [0.1, 0.15) is 0 Å². The molecule has 1 amide bonds. The van der Waals surface area contributed by atoms with Crippen LogP contribution in [0.4, 0.5) is 11.4 Å². The lowest BCUT2D eigenvalue weighted by Crippen LogP contribution is -2.40. The minimum Gasteiger partial charge on any atom is -0.369 e. The van der Waals surface area contributed by atoms with E-state index in [-0.39, 0.29) is 54.2 Å². The molecule has 1 aromatic carbocycles. The molecule has 2 aliphatic rings. The van der Waals surface area contributed by atoms with Gasteiger partial charge in [-0.15, -0.1) is 24.8 Å². The zero-order valence-electron chi connectivity index (χ0n) is 14.6. The van der Waals surface area contributed by atoms with Crippen molar-refractivity contribution < 1.29 is 13.2 Å². The fourth-order valence-electron chi connectivity index (χ4n) is 3.46. The number of hydrogen-bond acceptors (Lipinski definition) is 5. The van der Waals surface area contributed by atoms with Crippen molar-refractivity contribution in [1.82, 2.24) is 0 Å². The fraction of sp³-hybridized carbons (Fsp3) is 0.588. The zero-order chi connectivity index (χ0) is 17.2. The number of rotatable bonds is 3. The number of carbonyl (C=O) groups excluding carboxylic acids is 1. The second kappa shape index (κ2) is 9.78. The smallest absolute Gasteiger partial charge is 0.227 e. The summed E-state index contributed by atoms with van der Waals surface area (Å²) in [7, 11) is -2.90. The van der Waals surface area contributed by atoms with E-state index in [1.165, 1.54) is 0 Å². The molecule has 1 aliphatic carbocycles. The monoisotopic (exact) mass is 423 g/mol. The standard InChI is InChI=1S/C17H25N3O3S.2ClH/c18-14-4-1-3-13(11-14)17(21)19-15-5-2-6-16(12-15)20-7-9-24(22,23)10-8-20;;/h2,5-6,12-14H,1,3-4,7-11,18H2,(H,19,21);2*1H. The van der Waals surface area contributed by atoms with Gasteiger partial charge in [0.2, 0.25) is 5.91 Å². The van der Waals surface area contributed by atoms with E-state index in [9.17, 15) is 13.2 Å². The topological polar surface area (TPSA) is 92.5 Å². The first-order valence-corrected chi connectivity index (χ1v) is 10.4. The fourth-order valence-corrected chi connectivity index (χ4v) is 4.66. The Morgan fingerprint density at radius 3 is 2.50 bits per heavy atom. The molecule has 1 saturated heterocycles. The third kappa shape index (κ3) is 6.01. The van der Waals surface area contributed by atoms with Crippen LogP contribution in [0, 0.1) is 5.92 Å². The molecule has 0 aromatic heterocycles. The lowest BCUT2D eigenvalue weighted by Gasteiger charge is -2.29. The highest BCUT2D eigenvalue weighted by atomic mass is 35.5. The Morgan fingerprint density at radius 2 is 1.85 bits per heavy atom. The van der Waals surface area contributed by atoms with Gasteiger partial charge in [-0.25, -0.2) is 8.42 Å². The number of nitrogens with one attached hydrogen (secondary N) is 1. The summed E-state index contributed by atoms with van der Waals surface area (Å²) in [6.45, 7) is 0.994. The van der Waals surface area contributed by atoms with Crippen molar-refractivity contribution in [2.75, 3.05) is 34.8 Å². The van der Waals surface area contributed by atoms with E-state index in [0.717, 1.165) is 37.1 Å². The van der Waals surface area contributed by atoms with E-state index in [1.54, 1.807) is 0 Å². The quantitative estimate of drug-likeness (QED) is 0.776. The van der Waals surface area contributed by atoms with Gasteiger partial charge < -0.3 is 16.0 Å². The van der Waals surface area contributed by atoms with Crippen LogP contribution in [0.2, 0.25) is 0 Å². The first-order chi connectivity index (χ1) is 11.4. The third-order valence-corrected chi connectivity index (χ3v) is 6.52. The van der Waals surface area contributed by atoms with Crippen molar-refractivity contribution >= 4 is 51.9 Å². The van der Waals surface area contributed by atoms with Gasteiger partial charge in [-0.1, -0.05) is 12.5 Å². The van der Waals surface area contributed by atoms with Crippen molar-refractivity contribution in [3.05, 3.63) is 24.3 Å². The summed E-state index contributed by atoms with van der Waals surface area (Å²) in [5.74, 6) is 0.383. The Balaban J connectivity index is 0.00000169. The molecular formula is C17H27Cl2N3O3S. The largest absolute Gasteiger partial charge is 0.369 e. The highest BCUT2D eigenvalue weighted by Crippen LogP contribution is 2.26. The van der Waals surface area contributed by atoms with E-state index in [4.69, 9.17) is 5.73 Å². The average Bonchev–Trinajstić information content (AvgIpc) is 2.55. The van der Waals surface area contributed by atoms with Crippen LogP contribution in [0.5, 0.6) is 0 Å². The van der Waals surface area contributed by atoms with Gasteiger partial charge >= 0.3 is 0 Å². The molecule has 9 heteroatoms. The molecule has 6 nitrogen and oxygen atoms in total. The van der Waals surface area contributed by atoms with Crippen molar-refractivity contribution in [1.29, 1.82) is 0 Å². The van der Waals surface area contributed by atoms with Gasteiger partial charge in [0, 0.05) is 36.4 Å². The van der Waals surface area contributed by atoms with Crippen LogP contribution in [0.15, 0.2) is 24.3 Å². The molecule has 26 heavy (non-hydrogen) atoms. The molecule has 0 radical (unpaired) electrons. The molecule has 0 bridgehead atoms. The van der Waals surface area contributed by atoms with Gasteiger partial charge in [-0.3, -0.25) is 4.79 Å². The van der Waals surface area contributed by atoms with Crippen LogP contribution in [-0.4, -0.2) is 45.0 Å². The molecule has 1 aliphatic heterocycles. The van der Waals surface area contributed by atoms with E-state index >= 15 is 0 Å². The van der Waals surface area contributed by atoms with Gasteiger partial charge in [-0.05, 0) is 37.5 Å². The van der Waals surface area contributed by atoms with Gasteiger partial charge in [-0.2, -0.15) is 0 Å². The van der Waals surface area contributed by atoms with Crippen molar-refractivity contribution in [2.24, 2.45) is 11.7 Å². The second-order valence-corrected chi connectivity index (χ2v) is 9.11. The third-order valence-electron chi connectivity index (χ3n) is 4.91. The summed E-state index contributed by atoms with van der Waals surface area (Å²) in [6, 6.07) is 7.74. The van der Waals surface area contributed by atoms with E-state index in [0.29, 0.717) is 13.1 Å². The number of benzene rings is 1. The molecule has 0 spiro atoms. The Kier molecular flexibility index (Phi) is 8.66. The Morgan fingerprint density at radius 1 is 1.15 bits per heavy atom. The number of halogens is 2. The maximum atomic E-state index is 12.4. The molecule has 1 heterocycles. The molecule has 2 atom stereocenters. The van der Waals surface area contributed by atoms with Gasteiger partial charge in [0.15, 0.2) is 9.84 Å². The molecule has 2 fully saturated rings. The van der Waals surface area contributed by atoms with Crippen LogP contribution in [0.25, 0.3) is 0 Å². The summed E-state index contributed by atoms with van der Waals surface area (Å²) in [5.41, 5.74) is 7.67. The van der Waals surface area contributed by atoms with Crippen LogP contribution < -0.4 is 16.0 Å². The van der Waals surface area contributed by atoms with Crippen LogP contribution in [0.3, 0.4) is 0 Å². The minimum atomic E-state index is -2.90. The summed E-state index contributed by atoms with van der Waals surface area (Å²) in [6.07, 6.45) is 3.64. The number of hydrogen-bond donors (Lipinski definition) is 2. The molecule has 1 aromatic rings. The van der Waals surface area contributed by atoms with Crippen molar-refractivity contribution in [3.63, 3.8) is 0 Å². The lowest BCUT2D eigenvalue weighted by atomic mass is 9.85. The average molecular weight is 424 g/mol. The first kappa shape index (κ1) is 23.0. The first-order valence-electron chi connectivity index (χ1n) is 8.55. The van der Waals surface area contributed by atoms with Gasteiger partial charge in [0.05, 0.1) is 11.5 Å². The summed E-state index contributed by atoms with van der Waals surface area (Å²) < 4.78 is 23.1.